The van der Waals surface area contributed by atoms with Crippen molar-refractivity contribution in [3.05, 3.63) is 63.3 Å². The third-order valence-corrected chi connectivity index (χ3v) is 11.0. The number of aliphatic hydroxyl groups is 1. The number of aryl methyl sites for hydroxylation is 1. The third-order valence-electron chi connectivity index (χ3n) is 8.28. The second-order valence-electron chi connectivity index (χ2n) is 11.7. The molecule has 7 nitrogen and oxygen atoms in total. The maximum absolute atomic E-state index is 12.0. The molecule has 0 bridgehead atoms. The highest BCUT2D eigenvalue weighted by Gasteiger charge is 2.42. The van der Waals surface area contributed by atoms with Crippen LogP contribution in [0.3, 0.4) is 0 Å². The summed E-state index contributed by atoms with van der Waals surface area (Å²) in [5.74, 6) is 1.14. The molecule has 0 radical (unpaired) electrons. The van der Waals surface area contributed by atoms with E-state index in [1.165, 1.54) is 33.7 Å². The molecule has 1 aliphatic carbocycles. The molecule has 0 saturated carbocycles. The van der Waals surface area contributed by atoms with E-state index in [4.69, 9.17) is 4.74 Å². The van der Waals surface area contributed by atoms with Crippen LogP contribution in [0.5, 0.6) is 0 Å². The van der Waals surface area contributed by atoms with Crippen LogP contribution in [-0.2, 0) is 17.7 Å². The zero-order chi connectivity index (χ0) is 25.7. The summed E-state index contributed by atoms with van der Waals surface area (Å²) < 4.78 is 5.81. The minimum Gasteiger partial charge on any atom is -0.383 e. The van der Waals surface area contributed by atoms with Crippen LogP contribution in [0.15, 0.2) is 46.6 Å². The molecule has 0 aromatic heterocycles. The van der Waals surface area contributed by atoms with Gasteiger partial charge in [-0.2, -0.15) is 0 Å². The molecule has 1 unspecified atom stereocenters. The molecule has 0 saturated heterocycles. The predicted octanol–water partition coefficient (Wildman–Crippen LogP) is 3.94. The quantitative estimate of drug-likeness (QED) is 0.401. The minimum atomic E-state index is -1.58. The fourth-order valence-corrected chi connectivity index (χ4v) is 7.54. The summed E-state index contributed by atoms with van der Waals surface area (Å²) in [5.41, 5.74) is 8.23. The van der Waals surface area contributed by atoms with E-state index in [0.29, 0.717) is 19.6 Å². The Morgan fingerprint density at radius 3 is 2.86 bits per heavy atom. The summed E-state index contributed by atoms with van der Waals surface area (Å²) in [5, 5.41) is 18.0. The van der Waals surface area contributed by atoms with Crippen LogP contribution in [0.1, 0.15) is 42.9 Å². The number of hydrogen-bond donors (Lipinski definition) is 3. The van der Waals surface area contributed by atoms with Crippen molar-refractivity contribution < 1.29 is 14.6 Å². The lowest BCUT2D eigenvalue weighted by Gasteiger charge is -2.39. The van der Waals surface area contributed by atoms with Gasteiger partial charge in [0.1, 0.15) is 11.4 Å². The third kappa shape index (κ3) is 4.62. The molecule has 8 heteroatoms. The first kappa shape index (κ1) is 25.1. The highest BCUT2D eigenvalue weighted by molar-refractivity contribution is 6.77. The standard InChI is InChI=1S/C28H40N4O3Si/c1-6-28(34)17-35-16-21-12-25-24(14-23(21)28)30-26-13-20-9-7-8-19(22(20)15-32(25)26)10-11-36(4,5)18-29-27(33)31(2)3/h7-9,13,30,34H,6,10-12,14-18H2,1-5H3,(H,29,33). The first-order valence-electron chi connectivity index (χ1n) is 13.2. The second kappa shape index (κ2) is 9.39. The number of hydrogen-bond acceptors (Lipinski definition) is 5. The number of nitrogens with zero attached hydrogens (tertiary/aromatic N) is 2. The molecule has 5 rings (SSSR count). The monoisotopic (exact) mass is 508 g/mol. The molecular formula is C28H40N4O3Si. The zero-order valence-electron chi connectivity index (χ0n) is 22.3. The molecule has 3 N–H and O–H groups in total. The number of benzene rings is 1. The largest absolute Gasteiger partial charge is 0.383 e. The zero-order valence-corrected chi connectivity index (χ0v) is 23.3. The van der Waals surface area contributed by atoms with E-state index in [1.807, 2.05) is 6.92 Å². The summed E-state index contributed by atoms with van der Waals surface area (Å²) in [6.45, 7) is 8.63. The van der Waals surface area contributed by atoms with E-state index in [9.17, 15) is 9.90 Å². The summed E-state index contributed by atoms with van der Waals surface area (Å²) in [6.07, 6.45) is 6.38. The highest BCUT2D eigenvalue weighted by atomic mass is 28.3. The average molecular weight is 509 g/mol. The number of fused-ring (bicyclic) bond motifs is 3. The maximum Gasteiger partial charge on any atom is 0.316 e. The average Bonchev–Trinajstić information content (AvgIpc) is 3.20. The molecule has 194 valence electrons. The molecule has 36 heavy (non-hydrogen) atoms. The van der Waals surface area contributed by atoms with Gasteiger partial charge in [-0.25, -0.2) is 4.79 Å². The Kier molecular flexibility index (Phi) is 6.55. The van der Waals surface area contributed by atoms with Crippen LogP contribution in [0, 0.1) is 0 Å². The Bertz CT molecular complexity index is 1170. The van der Waals surface area contributed by atoms with Crippen molar-refractivity contribution in [1.82, 2.24) is 20.4 Å². The topological polar surface area (TPSA) is 77.1 Å². The molecule has 0 spiro atoms. The molecule has 4 aliphatic rings. The SMILES string of the molecule is CCC1(O)COCC2=C1CC1=C(C2)N2Cc3c(cccc3CC[Si](C)(C)CNC(=O)N(C)C)C=C2N1. The van der Waals surface area contributed by atoms with Crippen molar-refractivity contribution >= 4 is 20.2 Å². The van der Waals surface area contributed by atoms with Gasteiger partial charge in [0.15, 0.2) is 0 Å². The van der Waals surface area contributed by atoms with Gasteiger partial charge in [-0.15, -0.1) is 0 Å². The molecule has 3 heterocycles. The van der Waals surface area contributed by atoms with Crippen molar-refractivity contribution in [3.8, 4) is 0 Å². The Balaban J connectivity index is 1.31. The van der Waals surface area contributed by atoms with Gasteiger partial charge in [0.25, 0.3) is 0 Å². The first-order chi connectivity index (χ1) is 17.1. The Hall–Kier alpha value is -2.55. The summed E-state index contributed by atoms with van der Waals surface area (Å²) >= 11 is 0. The van der Waals surface area contributed by atoms with Crippen LogP contribution in [0.2, 0.25) is 19.1 Å². The fraction of sp³-hybridized carbons (Fsp3) is 0.536. The molecule has 2 amide bonds. The molecule has 1 atom stereocenters. The van der Waals surface area contributed by atoms with Gasteiger partial charge in [-0.3, -0.25) is 0 Å². The normalized spacial score (nSPS) is 22.8. The number of rotatable bonds is 6. The summed E-state index contributed by atoms with van der Waals surface area (Å²) in [4.78, 5) is 16.0. The number of ether oxygens (including phenoxy) is 1. The van der Waals surface area contributed by atoms with Crippen molar-refractivity contribution in [1.29, 1.82) is 0 Å². The number of allylic oxidation sites excluding steroid dienone is 2. The molecule has 1 aromatic rings. The van der Waals surface area contributed by atoms with Crippen LogP contribution < -0.4 is 10.6 Å². The minimum absolute atomic E-state index is 0.0116. The smallest absolute Gasteiger partial charge is 0.316 e. The predicted molar refractivity (Wildman–Crippen MR) is 146 cm³/mol. The highest BCUT2D eigenvalue weighted by Crippen LogP contribution is 2.45. The molecular weight excluding hydrogens is 468 g/mol. The maximum atomic E-state index is 12.0. The van der Waals surface area contributed by atoms with E-state index >= 15 is 0 Å². The number of urea groups is 1. The number of carbonyl (C=O) groups is 1. The van der Waals surface area contributed by atoms with Gasteiger partial charge in [-0.1, -0.05) is 44.3 Å². The number of amides is 2. The lowest BCUT2D eigenvalue weighted by Crippen LogP contribution is -2.46. The van der Waals surface area contributed by atoms with Gasteiger partial charge in [0, 0.05) is 44.5 Å². The van der Waals surface area contributed by atoms with Crippen LogP contribution in [-0.4, -0.2) is 68.1 Å². The lowest BCUT2D eigenvalue weighted by atomic mass is 9.79. The fourth-order valence-electron chi connectivity index (χ4n) is 5.79. The van der Waals surface area contributed by atoms with Gasteiger partial charge in [0.05, 0.1) is 27.8 Å². The van der Waals surface area contributed by atoms with E-state index < -0.39 is 13.7 Å². The van der Waals surface area contributed by atoms with Crippen molar-refractivity contribution in [2.24, 2.45) is 0 Å². The molecule has 0 fully saturated rings. The van der Waals surface area contributed by atoms with E-state index in [1.54, 1.807) is 19.0 Å². The number of carbonyl (C=O) groups excluding carboxylic acids is 1. The Morgan fingerprint density at radius 2 is 2.11 bits per heavy atom. The summed E-state index contributed by atoms with van der Waals surface area (Å²) in [6, 6.07) is 7.78. The summed E-state index contributed by atoms with van der Waals surface area (Å²) in [7, 11) is 1.98. The van der Waals surface area contributed by atoms with Gasteiger partial charge >= 0.3 is 6.03 Å². The molecule has 3 aliphatic heterocycles. The van der Waals surface area contributed by atoms with Gasteiger partial charge < -0.3 is 30.3 Å². The second-order valence-corrected chi connectivity index (χ2v) is 16.9. The molecule has 1 aromatic carbocycles. The number of nitrogens with one attached hydrogen (secondary N) is 2. The van der Waals surface area contributed by atoms with Gasteiger partial charge in [0.2, 0.25) is 0 Å². The van der Waals surface area contributed by atoms with E-state index in [0.717, 1.165) is 49.4 Å². The van der Waals surface area contributed by atoms with Gasteiger partial charge in [-0.05, 0) is 46.8 Å². The van der Waals surface area contributed by atoms with E-state index in [2.05, 4.69) is 52.9 Å². The van der Waals surface area contributed by atoms with Crippen molar-refractivity contribution in [2.75, 3.05) is 33.5 Å². The Morgan fingerprint density at radius 1 is 1.31 bits per heavy atom. The van der Waals surface area contributed by atoms with Crippen molar-refractivity contribution in [2.45, 2.75) is 63.9 Å². The first-order valence-corrected chi connectivity index (χ1v) is 16.6. The van der Waals surface area contributed by atoms with Crippen molar-refractivity contribution in [3.63, 3.8) is 0 Å². The Labute approximate surface area is 215 Å². The van der Waals surface area contributed by atoms with Crippen LogP contribution >= 0.6 is 0 Å². The van der Waals surface area contributed by atoms with E-state index in [-0.39, 0.29) is 6.03 Å². The van der Waals surface area contributed by atoms with Crippen LogP contribution in [0.25, 0.3) is 6.08 Å². The lowest BCUT2D eigenvalue weighted by molar-refractivity contribution is -0.0348. The van der Waals surface area contributed by atoms with Crippen LogP contribution in [0.4, 0.5) is 4.79 Å².